The molecule has 3 heterocycles. The van der Waals surface area contributed by atoms with Crippen molar-refractivity contribution in [3.05, 3.63) is 0 Å². The van der Waals surface area contributed by atoms with E-state index in [-0.39, 0.29) is 5.92 Å². The van der Waals surface area contributed by atoms with Crippen LogP contribution >= 0.6 is 0 Å². The predicted molar refractivity (Wildman–Crippen MR) is 66.7 cm³/mol. The number of carbonyl (C=O) groups excluding carboxylic acids is 1. The molecule has 1 N–H and O–H groups in total. The number of rotatable bonds is 1. The van der Waals surface area contributed by atoms with Gasteiger partial charge in [0.05, 0.1) is 5.92 Å². The normalized spacial score (nSPS) is 38.4. The molecule has 17 heavy (non-hydrogen) atoms. The molecule has 3 unspecified atom stereocenters. The molecule has 3 rings (SSSR count). The summed E-state index contributed by atoms with van der Waals surface area (Å²) < 4.78 is 0. The Labute approximate surface area is 103 Å². The third kappa shape index (κ3) is 2.33. The van der Waals surface area contributed by atoms with Gasteiger partial charge in [0.2, 0.25) is 5.91 Å². The largest absolute Gasteiger partial charge is 0.341 e. The van der Waals surface area contributed by atoms with E-state index in [1.165, 1.54) is 12.8 Å². The Morgan fingerprint density at radius 1 is 1.06 bits per heavy atom. The van der Waals surface area contributed by atoms with Gasteiger partial charge in [-0.1, -0.05) is 0 Å². The van der Waals surface area contributed by atoms with E-state index >= 15 is 0 Å². The maximum Gasteiger partial charge on any atom is 0.227 e. The van der Waals surface area contributed by atoms with Gasteiger partial charge in [-0.25, -0.2) is 0 Å². The number of nitrogens with one attached hydrogen (secondary N) is 1. The molecule has 2 bridgehead atoms. The molecule has 4 nitrogen and oxygen atoms in total. The second-order valence-corrected chi connectivity index (χ2v) is 5.96. The molecule has 0 spiro atoms. The highest BCUT2D eigenvalue weighted by molar-refractivity contribution is 5.79. The van der Waals surface area contributed by atoms with Crippen LogP contribution in [0, 0.1) is 5.92 Å². The minimum atomic E-state index is 0.261. The number of likely N-dealkylation sites (tertiary alicyclic amines) is 2. The Hall–Kier alpha value is -0.610. The quantitative estimate of drug-likeness (QED) is 0.712. The lowest BCUT2D eigenvalue weighted by molar-refractivity contribution is -0.135. The van der Waals surface area contributed by atoms with E-state index < -0.39 is 0 Å². The molecule has 0 radical (unpaired) electrons. The molecule has 0 aromatic heterocycles. The summed E-state index contributed by atoms with van der Waals surface area (Å²) >= 11 is 0. The molecule has 3 aliphatic rings. The fourth-order valence-electron chi connectivity index (χ4n) is 3.54. The van der Waals surface area contributed by atoms with Crippen molar-refractivity contribution in [2.45, 2.75) is 37.8 Å². The standard InChI is InChI=1S/C13H23N3O/c1-15-6-4-10(8-15)13(17)16-7-5-11-2-3-12(9-16)14-11/h10-12,14H,2-9H2,1H3. The Morgan fingerprint density at radius 2 is 1.88 bits per heavy atom. The van der Waals surface area contributed by atoms with Gasteiger partial charge in [-0.15, -0.1) is 0 Å². The van der Waals surface area contributed by atoms with Crippen molar-refractivity contribution in [3.8, 4) is 0 Å². The van der Waals surface area contributed by atoms with Crippen LogP contribution in [0.4, 0.5) is 0 Å². The second-order valence-electron chi connectivity index (χ2n) is 5.96. The number of nitrogens with zero attached hydrogens (tertiary/aromatic N) is 2. The van der Waals surface area contributed by atoms with E-state index in [9.17, 15) is 4.79 Å². The summed E-state index contributed by atoms with van der Waals surface area (Å²) in [7, 11) is 2.11. The Kier molecular flexibility index (Phi) is 3.09. The zero-order valence-corrected chi connectivity index (χ0v) is 10.7. The van der Waals surface area contributed by atoms with Crippen LogP contribution in [0.5, 0.6) is 0 Å². The zero-order valence-electron chi connectivity index (χ0n) is 10.7. The molecule has 4 heteroatoms. The highest BCUT2D eigenvalue weighted by Gasteiger charge is 2.35. The lowest BCUT2D eigenvalue weighted by Gasteiger charge is -2.27. The minimum Gasteiger partial charge on any atom is -0.341 e. The van der Waals surface area contributed by atoms with Gasteiger partial charge in [-0.2, -0.15) is 0 Å². The Morgan fingerprint density at radius 3 is 2.65 bits per heavy atom. The fourth-order valence-corrected chi connectivity index (χ4v) is 3.54. The number of hydrogen-bond acceptors (Lipinski definition) is 3. The average Bonchev–Trinajstić information content (AvgIpc) is 2.84. The third-order valence-electron chi connectivity index (χ3n) is 4.58. The van der Waals surface area contributed by atoms with Crippen molar-refractivity contribution in [3.63, 3.8) is 0 Å². The lowest BCUT2D eigenvalue weighted by atomic mass is 10.0. The van der Waals surface area contributed by atoms with Crippen LogP contribution in [-0.2, 0) is 4.79 Å². The maximum absolute atomic E-state index is 12.4. The van der Waals surface area contributed by atoms with Gasteiger partial charge in [0.15, 0.2) is 0 Å². The first-order valence-electron chi connectivity index (χ1n) is 6.96. The summed E-state index contributed by atoms with van der Waals surface area (Å²) in [5.41, 5.74) is 0. The molecule has 0 saturated carbocycles. The van der Waals surface area contributed by atoms with Crippen LogP contribution in [0.15, 0.2) is 0 Å². The highest BCUT2D eigenvalue weighted by atomic mass is 16.2. The SMILES string of the molecule is CN1CCC(C(=O)N2CCC3CCC(C2)N3)C1. The van der Waals surface area contributed by atoms with Gasteiger partial charge in [0, 0.05) is 31.7 Å². The minimum absolute atomic E-state index is 0.261. The smallest absolute Gasteiger partial charge is 0.227 e. The maximum atomic E-state index is 12.4. The van der Waals surface area contributed by atoms with E-state index in [1.807, 2.05) is 0 Å². The number of fused-ring (bicyclic) bond motifs is 2. The van der Waals surface area contributed by atoms with E-state index in [0.717, 1.165) is 39.0 Å². The van der Waals surface area contributed by atoms with Crippen molar-refractivity contribution < 1.29 is 4.79 Å². The van der Waals surface area contributed by atoms with Crippen molar-refractivity contribution in [1.82, 2.24) is 15.1 Å². The first kappa shape index (κ1) is 11.5. The molecule has 1 amide bonds. The first-order valence-corrected chi connectivity index (χ1v) is 6.96. The zero-order chi connectivity index (χ0) is 11.8. The monoisotopic (exact) mass is 237 g/mol. The van der Waals surface area contributed by atoms with E-state index in [4.69, 9.17) is 0 Å². The molecule has 3 aliphatic heterocycles. The third-order valence-corrected chi connectivity index (χ3v) is 4.58. The van der Waals surface area contributed by atoms with Crippen LogP contribution in [0.3, 0.4) is 0 Å². The number of amides is 1. The van der Waals surface area contributed by atoms with Crippen LogP contribution in [0.1, 0.15) is 25.7 Å². The van der Waals surface area contributed by atoms with Crippen LogP contribution in [0.2, 0.25) is 0 Å². The van der Waals surface area contributed by atoms with Crippen molar-refractivity contribution >= 4 is 5.91 Å². The Balaban J connectivity index is 1.62. The van der Waals surface area contributed by atoms with Crippen molar-refractivity contribution in [2.24, 2.45) is 5.92 Å². The van der Waals surface area contributed by atoms with Crippen LogP contribution in [0.25, 0.3) is 0 Å². The summed E-state index contributed by atoms with van der Waals surface area (Å²) in [5, 5.41) is 3.63. The molecule has 96 valence electrons. The van der Waals surface area contributed by atoms with Crippen LogP contribution < -0.4 is 5.32 Å². The highest BCUT2D eigenvalue weighted by Crippen LogP contribution is 2.23. The summed E-state index contributed by atoms with van der Waals surface area (Å²) in [6.07, 6.45) is 4.75. The van der Waals surface area contributed by atoms with Gasteiger partial charge < -0.3 is 15.1 Å². The lowest BCUT2D eigenvalue weighted by Crippen LogP contribution is -2.42. The molecule has 0 aromatic carbocycles. The summed E-state index contributed by atoms with van der Waals surface area (Å²) in [4.78, 5) is 16.8. The molecule has 3 atom stereocenters. The van der Waals surface area contributed by atoms with Gasteiger partial charge >= 0.3 is 0 Å². The van der Waals surface area contributed by atoms with Crippen LogP contribution in [-0.4, -0.2) is 61.0 Å². The van der Waals surface area contributed by atoms with Crippen molar-refractivity contribution in [2.75, 3.05) is 33.2 Å². The summed E-state index contributed by atoms with van der Waals surface area (Å²) in [6.45, 7) is 3.94. The van der Waals surface area contributed by atoms with Gasteiger partial charge in [-0.3, -0.25) is 4.79 Å². The summed E-state index contributed by atoms with van der Waals surface area (Å²) in [5.74, 6) is 0.667. The number of hydrogen-bond donors (Lipinski definition) is 1. The summed E-state index contributed by atoms with van der Waals surface area (Å²) in [6, 6.07) is 1.23. The second kappa shape index (κ2) is 4.58. The first-order chi connectivity index (χ1) is 8.22. The topological polar surface area (TPSA) is 35.6 Å². The number of carbonyl (C=O) groups is 1. The van der Waals surface area contributed by atoms with E-state index in [1.54, 1.807) is 0 Å². The predicted octanol–water partition coefficient (Wildman–Crippen LogP) is 0.291. The fraction of sp³-hybridized carbons (Fsp3) is 0.923. The van der Waals surface area contributed by atoms with Gasteiger partial charge in [0.1, 0.15) is 0 Å². The van der Waals surface area contributed by atoms with Crippen molar-refractivity contribution in [1.29, 1.82) is 0 Å². The average molecular weight is 237 g/mol. The molecule has 3 fully saturated rings. The van der Waals surface area contributed by atoms with Gasteiger partial charge in [-0.05, 0) is 39.3 Å². The molecular formula is C13H23N3O. The molecular weight excluding hydrogens is 214 g/mol. The molecule has 0 aromatic rings. The van der Waals surface area contributed by atoms with E-state index in [2.05, 4.69) is 22.2 Å². The van der Waals surface area contributed by atoms with Gasteiger partial charge in [0.25, 0.3) is 0 Å². The Bertz CT molecular complexity index is 307. The molecule has 0 aliphatic carbocycles. The van der Waals surface area contributed by atoms with E-state index in [0.29, 0.717) is 18.0 Å². The molecule has 3 saturated heterocycles.